The first-order chi connectivity index (χ1) is 22.7. The molecule has 1 aliphatic heterocycles. The standard InChI is InChI=1S/C33H44N4O10S/c1-6-9-29(41)47-21-37-27(38)15-17-36(32(37)43)24-18-25(30(46-5)26(19-24)33(2,3)4)31(42)34-23-13-11-22(12-14-23)20-35(48(44)45)16-8-7-10-28(39)40/h11-14,18-19,48H,6-10,15-17,20-21H2,1-5H3,(H,34,42)(H,39,40). The van der Waals surface area contributed by atoms with Crippen LogP contribution in [0.2, 0.25) is 0 Å². The van der Waals surface area contributed by atoms with Crippen molar-refractivity contribution >= 4 is 52.0 Å². The number of carbonyl (C=O) groups is 5. The molecule has 0 saturated carbocycles. The molecular weight excluding hydrogens is 644 g/mol. The lowest BCUT2D eigenvalue weighted by atomic mass is 9.84. The van der Waals surface area contributed by atoms with Gasteiger partial charge in [-0.25, -0.2) is 18.1 Å². The number of imide groups is 1. The average molecular weight is 689 g/mol. The maximum absolute atomic E-state index is 13.7. The van der Waals surface area contributed by atoms with E-state index in [1.165, 1.54) is 22.4 Å². The van der Waals surface area contributed by atoms with Gasteiger partial charge in [-0.05, 0) is 54.5 Å². The number of nitrogens with one attached hydrogen (secondary N) is 1. The van der Waals surface area contributed by atoms with Crippen molar-refractivity contribution in [1.82, 2.24) is 9.21 Å². The number of thiol groups is 1. The molecule has 1 heterocycles. The smallest absolute Gasteiger partial charge is 0.333 e. The van der Waals surface area contributed by atoms with Gasteiger partial charge < -0.3 is 19.9 Å². The topological polar surface area (TPSA) is 180 Å². The molecule has 15 heteroatoms. The molecule has 0 spiro atoms. The van der Waals surface area contributed by atoms with Crippen LogP contribution < -0.4 is 15.0 Å². The number of hydrogen-bond acceptors (Lipinski definition) is 9. The van der Waals surface area contributed by atoms with E-state index in [0.29, 0.717) is 47.5 Å². The van der Waals surface area contributed by atoms with Gasteiger partial charge in [-0.3, -0.25) is 24.1 Å². The first-order valence-corrected chi connectivity index (χ1v) is 16.8. The average Bonchev–Trinajstić information content (AvgIpc) is 3.02. The van der Waals surface area contributed by atoms with Crippen molar-refractivity contribution < 1.29 is 47.0 Å². The van der Waals surface area contributed by atoms with Gasteiger partial charge in [0.25, 0.3) is 5.91 Å². The highest BCUT2D eigenvalue weighted by Crippen LogP contribution is 2.39. The fourth-order valence-corrected chi connectivity index (χ4v) is 5.66. The highest BCUT2D eigenvalue weighted by molar-refractivity contribution is 7.69. The molecule has 0 atom stereocenters. The highest BCUT2D eigenvalue weighted by Gasteiger charge is 2.35. The van der Waals surface area contributed by atoms with E-state index in [-0.39, 0.29) is 44.5 Å². The highest BCUT2D eigenvalue weighted by atomic mass is 32.2. The summed E-state index contributed by atoms with van der Waals surface area (Å²) in [5.74, 6) is -2.15. The third-order valence-corrected chi connectivity index (χ3v) is 8.43. The van der Waals surface area contributed by atoms with Crippen LogP contribution >= 0.6 is 0 Å². The lowest BCUT2D eigenvalue weighted by molar-refractivity contribution is -0.150. The van der Waals surface area contributed by atoms with Gasteiger partial charge in [-0.2, -0.15) is 4.31 Å². The van der Waals surface area contributed by atoms with E-state index in [4.69, 9.17) is 14.6 Å². The first kappa shape index (κ1) is 38.0. The van der Waals surface area contributed by atoms with E-state index in [2.05, 4.69) is 5.32 Å². The zero-order valence-electron chi connectivity index (χ0n) is 27.9. The number of carboxylic acid groups (broad SMARTS) is 1. The molecule has 1 fully saturated rings. The lowest BCUT2D eigenvalue weighted by Gasteiger charge is -2.35. The van der Waals surface area contributed by atoms with Crippen LogP contribution in [-0.2, 0) is 42.0 Å². The molecule has 3 rings (SSSR count). The number of amides is 4. The van der Waals surface area contributed by atoms with Crippen molar-refractivity contribution in [2.75, 3.05) is 37.1 Å². The van der Waals surface area contributed by atoms with E-state index in [9.17, 15) is 32.4 Å². The molecule has 14 nitrogen and oxygen atoms in total. The molecule has 0 unspecified atom stereocenters. The molecular formula is C33H44N4O10S. The van der Waals surface area contributed by atoms with E-state index in [0.717, 1.165) is 4.90 Å². The summed E-state index contributed by atoms with van der Waals surface area (Å²) in [7, 11) is -1.44. The van der Waals surface area contributed by atoms with Crippen LogP contribution in [0.4, 0.5) is 16.2 Å². The normalized spacial score (nSPS) is 13.6. The van der Waals surface area contributed by atoms with Gasteiger partial charge in [-0.1, -0.05) is 39.8 Å². The van der Waals surface area contributed by atoms with Gasteiger partial charge in [0.15, 0.2) is 6.73 Å². The van der Waals surface area contributed by atoms with Crippen molar-refractivity contribution in [3.8, 4) is 5.75 Å². The summed E-state index contributed by atoms with van der Waals surface area (Å²) in [6.07, 6.45) is 1.44. The number of esters is 1. The van der Waals surface area contributed by atoms with Crippen molar-refractivity contribution in [3.05, 3.63) is 53.1 Å². The summed E-state index contributed by atoms with van der Waals surface area (Å²) in [6.45, 7) is 7.43. The Morgan fingerprint density at radius 3 is 2.31 bits per heavy atom. The number of ether oxygens (including phenoxy) is 2. The summed E-state index contributed by atoms with van der Waals surface area (Å²) in [4.78, 5) is 64.7. The number of unbranched alkanes of at least 4 members (excludes halogenated alkanes) is 1. The Bertz CT molecular complexity index is 1580. The van der Waals surface area contributed by atoms with E-state index >= 15 is 0 Å². The Kier molecular flexibility index (Phi) is 13.5. The van der Waals surface area contributed by atoms with Gasteiger partial charge in [0.1, 0.15) is 5.75 Å². The zero-order valence-corrected chi connectivity index (χ0v) is 28.8. The lowest BCUT2D eigenvalue weighted by Crippen LogP contribution is -2.53. The number of aliphatic carboxylic acids is 1. The van der Waals surface area contributed by atoms with Gasteiger partial charge in [0.2, 0.25) is 16.8 Å². The predicted molar refractivity (Wildman–Crippen MR) is 178 cm³/mol. The predicted octanol–water partition coefficient (Wildman–Crippen LogP) is 4.29. The fraction of sp³-hybridized carbons (Fsp3) is 0.485. The number of benzene rings is 2. The molecule has 48 heavy (non-hydrogen) atoms. The third-order valence-electron chi connectivity index (χ3n) is 7.63. The summed E-state index contributed by atoms with van der Waals surface area (Å²) >= 11 is 0. The molecule has 4 amide bonds. The molecule has 1 saturated heterocycles. The van der Waals surface area contributed by atoms with Crippen LogP contribution in [0.3, 0.4) is 0 Å². The molecule has 0 radical (unpaired) electrons. The Hall–Kier alpha value is -4.50. The molecule has 0 aromatic heterocycles. The van der Waals surface area contributed by atoms with Crippen molar-refractivity contribution in [3.63, 3.8) is 0 Å². The van der Waals surface area contributed by atoms with Gasteiger partial charge in [-0.15, -0.1) is 0 Å². The minimum atomic E-state index is -2.88. The second-order valence-electron chi connectivity index (χ2n) is 12.4. The summed E-state index contributed by atoms with van der Waals surface area (Å²) in [5, 5.41) is 11.6. The second kappa shape index (κ2) is 17.1. The number of hydrogen-bond donors (Lipinski definition) is 3. The van der Waals surface area contributed by atoms with Crippen molar-refractivity contribution in [2.24, 2.45) is 0 Å². The first-order valence-electron chi connectivity index (χ1n) is 15.7. The number of anilines is 2. The van der Waals surface area contributed by atoms with Gasteiger partial charge >= 0.3 is 18.0 Å². The number of nitrogens with zero attached hydrogens (tertiary/aromatic N) is 3. The molecule has 2 aromatic carbocycles. The molecule has 262 valence electrons. The van der Waals surface area contributed by atoms with Gasteiger partial charge in [0, 0.05) is 55.8 Å². The van der Waals surface area contributed by atoms with E-state index in [1.807, 2.05) is 27.7 Å². The SMILES string of the molecule is CCCC(=O)OCN1C(=O)CCN(c2cc(C(=O)Nc3ccc(CN(CCCCC(=O)O)[SH](=O)=O)cc3)c(OC)c(C(C)(C)C)c2)C1=O. The van der Waals surface area contributed by atoms with Gasteiger partial charge in [0.05, 0.1) is 12.7 Å². The largest absolute Gasteiger partial charge is 0.496 e. The summed E-state index contributed by atoms with van der Waals surface area (Å²) < 4.78 is 35.6. The molecule has 2 N–H and O–H groups in total. The van der Waals surface area contributed by atoms with E-state index < -0.39 is 52.8 Å². The minimum Gasteiger partial charge on any atom is -0.496 e. The maximum Gasteiger partial charge on any atom is 0.333 e. The quantitative estimate of drug-likeness (QED) is 0.131. The van der Waals surface area contributed by atoms with Crippen LogP contribution in [0.25, 0.3) is 0 Å². The van der Waals surface area contributed by atoms with Crippen molar-refractivity contribution in [2.45, 2.75) is 78.2 Å². The van der Waals surface area contributed by atoms with Crippen LogP contribution in [0.5, 0.6) is 5.75 Å². The van der Waals surface area contributed by atoms with Crippen LogP contribution in [0.15, 0.2) is 36.4 Å². The third kappa shape index (κ3) is 10.2. The summed E-state index contributed by atoms with van der Waals surface area (Å²) in [5.41, 5.74) is 1.72. The molecule has 0 aliphatic carbocycles. The Morgan fingerprint density at radius 2 is 1.73 bits per heavy atom. The number of carbonyl (C=O) groups excluding carboxylic acids is 4. The Labute approximate surface area is 282 Å². The van der Waals surface area contributed by atoms with Crippen LogP contribution in [0.1, 0.15) is 87.7 Å². The Balaban J connectivity index is 1.85. The van der Waals surface area contributed by atoms with Crippen LogP contribution in [-0.4, -0.2) is 79.4 Å². The van der Waals surface area contributed by atoms with Crippen LogP contribution in [0, 0.1) is 0 Å². The number of methoxy groups -OCH3 is 1. The zero-order chi connectivity index (χ0) is 35.6. The summed E-state index contributed by atoms with van der Waals surface area (Å²) in [6, 6.07) is 9.20. The number of urea groups is 1. The fourth-order valence-electron chi connectivity index (χ4n) is 5.08. The number of carboxylic acids is 1. The minimum absolute atomic E-state index is 0.0117. The monoisotopic (exact) mass is 688 g/mol. The van der Waals surface area contributed by atoms with E-state index in [1.54, 1.807) is 30.3 Å². The molecule has 2 aromatic rings. The Morgan fingerprint density at radius 1 is 1.04 bits per heavy atom. The number of rotatable bonds is 16. The maximum atomic E-state index is 13.7. The molecule has 0 bridgehead atoms. The van der Waals surface area contributed by atoms with Crippen molar-refractivity contribution in [1.29, 1.82) is 0 Å². The molecule has 1 aliphatic rings. The second-order valence-corrected chi connectivity index (χ2v) is 13.4.